The molecule has 0 unspecified atom stereocenters. The molecule has 2 aromatic carbocycles. The minimum absolute atomic E-state index is 0. The molecule has 0 bridgehead atoms. The smallest absolute Gasteiger partial charge is 0.123 e. The molecule has 0 aliphatic carbocycles. The van der Waals surface area contributed by atoms with Crippen LogP contribution in [0.25, 0.3) is 11.0 Å². The molecule has 4 rings (SSSR count). The Morgan fingerprint density at radius 3 is 2.36 bits per heavy atom. The van der Waals surface area contributed by atoms with E-state index in [9.17, 15) is 4.39 Å². The van der Waals surface area contributed by atoms with E-state index in [2.05, 4.69) is 53.0 Å². The van der Waals surface area contributed by atoms with Gasteiger partial charge in [0.15, 0.2) is 0 Å². The van der Waals surface area contributed by atoms with Crippen LogP contribution in [0.2, 0.25) is 0 Å². The van der Waals surface area contributed by atoms with Crippen molar-refractivity contribution in [1.82, 2.24) is 9.55 Å². The molecule has 4 aromatic rings. The number of aromatic nitrogens is 2. The van der Waals surface area contributed by atoms with Gasteiger partial charge in [-0.05, 0) is 48.7 Å². The predicted octanol–water partition coefficient (Wildman–Crippen LogP) is 5.87. The third-order valence-electron chi connectivity index (χ3n) is 5.08. The predicted molar refractivity (Wildman–Crippen MR) is 116 cm³/mol. The first-order valence-corrected chi connectivity index (χ1v) is 9.10. The molecule has 0 aliphatic heterocycles. The number of anilines is 1. The summed E-state index contributed by atoms with van der Waals surface area (Å²) in [4.78, 5) is 4.62. The van der Waals surface area contributed by atoms with E-state index in [1.54, 1.807) is 12.1 Å². The van der Waals surface area contributed by atoms with Crippen LogP contribution in [0.4, 0.5) is 10.1 Å². The van der Waals surface area contributed by atoms with E-state index in [0.29, 0.717) is 6.54 Å². The highest BCUT2D eigenvalue weighted by Crippen LogP contribution is 2.30. The van der Waals surface area contributed by atoms with Gasteiger partial charge in [0, 0.05) is 25.0 Å². The molecule has 0 amide bonds. The van der Waals surface area contributed by atoms with Crippen LogP contribution in [0.5, 0.6) is 0 Å². The number of nitrogens with zero attached hydrogens (tertiary/aromatic N) is 2. The molecule has 0 saturated heterocycles. The number of pyridine rings is 1. The van der Waals surface area contributed by atoms with Crippen LogP contribution >= 0.6 is 12.4 Å². The Labute approximate surface area is 170 Å². The highest BCUT2D eigenvalue weighted by molar-refractivity contribution is 5.92. The van der Waals surface area contributed by atoms with Gasteiger partial charge in [0.1, 0.15) is 5.82 Å². The number of halogens is 2. The number of aryl methyl sites for hydroxylation is 1. The van der Waals surface area contributed by atoms with Gasteiger partial charge in [0.25, 0.3) is 0 Å². The molecule has 0 fully saturated rings. The molecule has 144 valence electrons. The van der Waals surface area contributed by atoms with Crippen molar-refractivity contribution in [2.24, 2.45) is 0 Å². The Hall–Kier alpha value is -2.85. The normalized spacial score (nSPS) is 10.7. The largest absolute Gasteiger partial charge is 0.379 e. The van der Waals surface area contributed by atoms with Gasteiger partial charge in [0.05, 0.1) is 16.7 Å². The van der Waals surface area contributed by atoms with Crippen molar-refractivity contribution < 1.29 is 4.39 Å². The number of fused-ring (bicyclic) bond motifs is 1. The van der Waals surface area contributed by atoms with Crippen molar-refractivity contribution in [2.45, 2.75) is 26.9 Å². The molecule has 3 nitrogen and oxygen atoms in total. The lowest BCUT2D eigenvalue weighted by molar-refractivity contribution is 0.627. The molecule has 28 heavy (non-hydrogen) atoms. The molecule has 1 N–H and O–H groups in total. The summed E-state index contributed by atoms with van der Waals surface area (Å²) >= 11 is 0. The van der Waals surface area contributed by atoms with Gasteiger partial charge in [-0.15, -0.1) is 12.4 Å². The summed E-state index contributed by atoms with van der Waals surface area (Å²) in [7, 11) is 0. The molecule has 0 spiro atoms. The van der Waals surface area contributed by atoms with Crippen molar-refractivity contribution >= 4 is 29.1 Å². The molecule has 2 aromatic heterocycles. The summed E-state index contributed by atoms with van der Waals surface area (Å²) in [5.74, 6) is -0.215. The highest BCUT2D eigenvalue weighted by Gasteiger charge is 2.15. The quantitative estimate of drug-likeness (QED) is 0.457. The Bertz CT molecular complexity index is 1070. The Kier molecular flexibility index (Phi) is 6.00. The minimum atomic E-state index is -0.215. The maximum absolute atomic E-state index is 13.1. The van der Waals surface area contributed by atoms with E-state index in [1.165, 1.54) is 29.0 Å². The van der Waals surface area contributed by atoms with Crippen molar-refractivity contribution in [3.8, 4) is 0 Å². The maximum Gasteiger partial charge on any atom is 0.123 e. The molecule has 0 aliphatic rings. The highest BCUT2D eigenvalue weighted by atomic mass is 35.5. The van der Waals surface area contributed by atoms with Crippen molar-refractivity contribution in [3.05, 3.63) is 95.1 Å². The molecular weight excluding hydrogens is 373 g/mol. The van der Waals surface area contributed by atoms with Crippen LogP contribution in [0.3, 0.4) is 0 Å². The van der Waals surface area contributed by atoms with Gasteiger partial charge >= 0.3 is 0 Å². The Morgan fingerprint density at radius 1 is 0.929 bits per heavy atom. The zero-order chi connectivity index (χ0) is 18.8. The number of nitrogens with one attached hydrogen (secondary N) is 1. The third kappa shape index (κ3) is 3.87. The SMILES string of the molecule is Cc1c(C)n(Cc2ccccc2)c2c(NCc3ccc(F)cc3)ccnc12.Cl. The van der Waals surface area contributed by atoms with Gasteiger partial charge in [-0.2, -0.15) is 0 Å². The first-order valence-electron chi connectivity index (χ1n) is 9.10. The zero-order valence-electron chi connectivity index (χ0n) is 15.9. The Morgan fingerprint density at radius 2 is 1.64 bits per heavy atom. The third-order valence-corrected chi connectivity index (χ3v) is 5.08. The lowest BCUT2D eigenvalue weighted by Crippen LogP contribution is -2.06. The second-order valence-electron chi connectivity index (χ2n) is 6.82. The van der Waals surface area contributed by atoms with E-state index >= 15 is 0 Å². The molecule has 2 heterocycles. The fourth-order valence-electron chi connectivity index (χ4n) is 3.45. The number of rotatable bonds is 5. The first kappa shape index (κ1) is 19.9. The number of benzene rings is 2. The van der Waals surface area contributed by atoms with Crippen LogP contribution in [-0.4, -0.2) is 9.55 Å². The number of hydrogen-bond donors (Lipinski definition) is 1. The second kappa shape index (κ2) is 8.44. The molecule has 0 atom stereocenters. The minimum Gasteiger partial charge on any atom is -0.379 e. The van der Waals surface area contributed by atoms with Gasteiger partial charge in [-0.3, -0.25) is 4.98 Å². The lowest BCUT2D eigenvalue weighted by Gasteiger charge is -2.13. The summed E-state index contributed by atoms with van der Waals surface area (Å²) in [5, 5.41) is 3.51. The first-order chi connectivity index (χ1) is 13.1. The monoisotopic (exact) mass is 395 g/mol. The van der Waals surface area contributed by atoms with Crippen LogP contribution < -0.4 is 5.32 Å². The van der Waals surface area contributed by atoms with Gasteiger partial charge in [-0.25, -0.2) is 4.39 Å². The average Bonchev–Trinajstić information content (AvgIpc) is 2.94. The van der Waals surface area contributed by atoms with E-state index < -0.39 is 0 Å². The van der Waals surface area contributed by atoms with Crippen molar-refractivity contribution in [3.63, 3.8) is 0 Å². The number of hydrogen-bond acceptors (Lipinski definition) is 2. The maximum atomic E-state index is 13.1. The summed E-state index contributed by atoms with van der Waals surface area (Å²) in [5.41, 5.74) is 7.88. The van der Waals surface area contributed by atoms with Crippen LogP contribution in [0, 0.1) is 19.7 Å². The summed E-state index contributed by atoms with van der Waals surface area (Å²) in [6, 6.07) is 19.0. The topological polar surface area (TPSA) is 29.9 Å². The van der Waals surface area contributed by atoms with Crippen LogP contribution in [-0.2, 0) is 13.1 Å². The molecule has 0 saturated carbocycles. The average molecular weight is 396 g/mol. The fraction of sp³-hybridized carbons (Fsp3) is 0.174. The zero-order valence-corrected chi connectivity index (χ0v) is 16.8. The van der Waals surface area contributed by atoms with Gasteiger partial charge in [0.2, 0.25) is 0 Å². The standard InChI is InChI=1S/C23H22FN3.ClH/c1-16-17(2)27(15-19-6-4-3-5-7-19)23-21(12-13-25-22(16)23)26-14-18-8-10-20(24)11-9-18;/h3-13H,14-15H2,1-2H3,(H,25,26);1H. The van der Waals surface area contributed by atoms with Crippen molar-refractivity contribution in [1.29, 1.82) is 0 Å². The van der Waals surface area contributed by atoms with Gasteiger partial charge < -0.3 is 9.88 Å². The molecule has 0 radical (unpaired) electrons. The molecular formula is C23H23ClFN3. The van der Waals surface area contributed by atoms with Crippen LogP contribution in [0.15, 0.2) is 66.9 Å². The Balaban J connectivity index is 0.00000225. The van der Waals surface area contributed by atoms with E-state index in [1.807, 2.05) is 18.3 Å². The van der Waals surface area contributed by atoms with E-state index in [-0.39, 0.29) is 18.2 Å². The summed E-state index contributed by atoms with van der Waals surface area (Å²) in [6.07, 6.45) is 1.84. The summed E-state index contributed by atoms with van der Waals surface area (Å²) < 4.78 is 15.5. The lowest BCUT2D eigenvalue weighted by atomic mass is 10.2. The summed E-state index contributed by atoms with van der Waals surface area (Å²) in [6.45, 7) is 5.70. The second-order valence-corrected chi connectivity index (χ2v) is 6.82. The molecule has 5 heteroatoms. The van der Waals surface area contributed by atoms with E-state index in [0.717, 1.165) is 28.8 Å². The fourth-order valence-corrected chi connectivity index (χ4v) is 3.45. The van der Waals surface area contributed by atoms with Crippen molar-refractivity contribution in [2.75, 3.05) is 5.32 Å². The van der Waals surface area contributed by atoms with Crippen LogP contribution in [0.1, 0.15) is 22.4 Å². The van der Waals surface area contributed by atoms with Gasteiger partial charge in [-0.1, -0.05) is 42.5 Å². The van der Waals surface area contributed by atoms with E-state index in [4.69, 9.17) is 0 Å².